The Morgan fingerprint density at radius 2 is 1.72 bits per heavy atom. The lowest BCUT2D eigenvalue weighted by molar-refractivity contribution is -0.0117. The third kappa shape index (κ3) is 4.56. The maximum Gasteiger partial charge on any atom is 0.173 e. The summed E-state index contributed by atoms with van der Waals surface area (Å²) in [5.74, 6) is 0. The van der Waals surface area contributed by atoms with Crippen LogP contribution in [0.4, 0.5) is 5.69 Å². The van der Waals surface area contributed by atoms with Gasteiger partial charge in [0.1, 0.15) is 0 Å². The molecule has 0 aliphatic carbocycles. The SMILES string of the molecule is CSc1ccc(NC(=S)N2CCC(O)(c3ccc(Br)cc3)CC2)cc1. The maximum absolute atomic E-state index is 11.0. The van der Waals surface area contributed by atoms with Crippen LogP contribution >= 0.6 is 39.9 Å². The molecule has 1 saturated heterocycles. The third-order valence-electron chi connectivity index (χ3n) is 4.60. The summed E-state index contributed by atoms with van der Waals surface area (Å²) in [7, 11) is 0. The second-order valence-corrected chi connectivity index (χ2v) is 8.37. The smallest absolute Gasteiger partial charge is 0.173 e. The molecule has 0 aromatic heterocycles. The van der Waals surface area contributed by atoms with Crippen LogP contribution in [0.25, 0.3) is 0 Å². The zero-order valence-corrected chi connectivity index (χ0v) is 17.3. The van der Waals surface area contributed by atoms with E-state index >= 15 is 0 Å². The molecule has 1 aliphatic heterocycles. The van der Waals surface area contributed by atoms with Crippen molar-refractivity contribution in [2.75, 3.05) is 24.7 Å². The standard InChI is InChI=1S/C19H21BrN2OS2/c1-25-17-8-6-16(7-9-17)21-18(24)22-12-10-19(23,11-13-22)14-2-4-15(20)5-3-14/h2-9,23H,10-13H2,1H3,(H,21,24). The number of hydrogen-bond acceptors (Lipinski definition) is 3. The molecular formula is C19H21BrN2OS2. The number of thiocarbonyl (C=S) groups is 1. The van der Waals surface area contributed by atoms with Gasteiger partial charge in [-0.25, -0.2) is 0 Å². The van der Waals surface area contributed by atoms with Crippen molar-refractivity contribution in [2.24, 2.45) is 0 Å². The van der Waals surface area contributed by atoms with Crippen LogP contribution in [0.1, 0.15) is 18.4 Å². The molecule has 2 aromatic carbocycles. The molecule has 3 nitrogen and oxygen atoms in total. The molecule has 2 N–H and O–H groups in total. The highest BCUT2D eigenvalue weighted by Crippen LogP contribution is 2.33. The van der Waals surface area contributed by atoms with Gasteiger partial charge in [-0.15, -0.1) is 11.8 Å². The monoisotopic (exact) mass is 436 g/mol. The summed E-state index contributed by atoms with van der Waals surface area (Å²) in [5.41, 5.74) is 1.20. The summed E-state index contributed by atoms with van der Waals surface area (Å²) in [6.07, 6.45) is 3.40. The molecule has 1 heterocycles. The zero-order valence-electron chi connectivity index (χ0n) is 14.0. The van der Waals surface area contributed by atoms with E-state index in [9.17, 15) is 5.11 Å². The van der Waals surface area contributed by atoms with Crippen LogP contribution < -0.4 is 5.32 Å². The van der Waals surface area contributed by atoms with Gasteiger partial charge in [0.2, 0.25) is 0 Å². The maximum atomic E-state index is 11.0. The molecule has 0 unspecified atom stereocenters. The molecule has 0 bridgehead atoms. The van der Waals surface area contributed by atoms with Crippen molar-refractivity contribution >= 4 is 50.7 Å². The van der Waals surface area contributed by atoms with Crippen molar-refractivity contribution < 1.29 is 5.11 Å². The number of thioether (sulfide) groups is 1. The minimum absolute atomic E-state index is 0.669. The molecule has 0 amide bonds. The number of likely N-dealkylation sites (tertiary alicyclic amines) is 1. The summed E-state index contributed by atoms with van der Waals surface area (Å²) in [5, 5.41) is 15.0. The first kappa shape index (κ1) is 18.7. The fourth-order valence-electron chi connectivity index (χ4n) is 3.01. The van der Waals surface area contributed by atoms with Crippen molar-refractivity contribution in [2.45, 2.75) is 23.3 Å². The topological polar surface area (TPSA) is 35.5 Å². The number of nitrogens with zero attached hydrogens (tertiary/aromatic N) is 1. The van der Waals surface area contributed by atoms with Gasteiger partial charge in [0.15, 0.2) is 5.11 Å². The van der Waals surface area contributed by atoms with Crippen molar-refractivity contribution in [1.82, 2.24) is 4.90 Å². The van der Waals surface area contributed by atoms with Crippen LogP contribution in [0.5, 0.6) is 0 Å². The summed E-state index contributed by atoms with van der Waals surface area (Å²) < 4.78 is 1.02. The lowest BCUT2D eigenvalue weighted by Crippen LogP contribution is -2.46. The summed E-state index contributed by atoms with van der Waals surface area (Å²) in [6.45, 7) is 1.47. The first-order chi connectivity index (χ1) is 12.0. The third-order valence-corrected chi connectivity index (χ3v) is 6.23. The Morgan fingerprint density at radius 3 is 2.28 bits per heavy atom. The number of piperidine rings is 1. The van der Waals surface area contributed by atoms with E-state index in [1.807, 2.05) is 36.4 Å². The second-order valence-electron chi connectivity index (χ2n) is 6.18. The first-order valence-corrected chi connectivity index (χ1v) is 10.6. The predicted molar refractivity (Wildman–Crippen MR) is 113 cm³/mol. The fourth-order valence-corrected chi connectivity index (χ4v) is 3.98. The molecular weight excluding hydrogens is 416 g/mol. The highest BCUT2D eigenvalue weighted by atomic mass is 79.9. The normalized spacial score (nSPS) is 16.5. The van der Waals surface area contributed by atoms with Gasteiger partial charge in [-0.2, -0.15) is 0 Å². The van der Waals surface area contributed by atoms with Crippen LogP contribution in [-0.4, -0.2) is 34.5 Å². The van der Waals surface area contributed by atoms with Gasteiger partial charge in [0, 0.05) is 28.1 Å². The van der Waals surface area contributed by atoms with Crippen LogP contribution in [0.2, 0.25) is 0 Å². The van der Waals surface area contributed by atoms with E-state index < -0.39 is 5.60 Å². The zero-order chi connectivity index (χ0) is 17.9. The molecule has 1 fully saturated rings. The molecule has 1 aliphatic rings. The molecule has 0 spiro atoms. The largest absolute Gasteiger partial charge is 0.385 e. The molecule has 25 heavy (non-hydrogen) atoms. The van der Waals surface area contributed by atoms with E-state index in [0.29, 0.717) is 12.8 Å². The lowest BCUT2D eigenvalue weighted by atomic mass is 9.84. The Kier molecular flexibility index (Phi) is 6.04. The van der Waals surface area contributed by atoms with Crippen molar-refractivity contribution in [3.05, 3.63) is 58.6 Å². The number of benzene rings is 2. The van der Waals surface area contributed by atoms with E-state index in [2.05, 4.69) is 44.5 Å². The lowest BCUT2D eigenvalue weighted by Gasteiger charge is -2.39. The first-order valence-electron chi connectivity index (χ1n) is 8.18. The van der Waals surface area contributed by atoms with Gasteiger partial charge in [-0.05, 0) is 73.3 Å². The number of rotatable bonds is 3. The van der Waals surface area contributed by atoms with E-state index in [4.69, 9.17) is 12.2 Å². The van der Waals surface area contributed by atoms with Gasteiger partial charge in [0.25, 0.3) is 0 Å². The van der Waals surface area contributed by atoms with Crippen LogP contribution in [0, 0.1) is 0 Å². The van der Waals surface area contributed by atoms with Gasteiger partial charge < -0.3 is 15.3 Å². The Bertz CT molecular complexity index is 726. The highest BCUT2D eigenvalue weighted by molar-refractivity contribution is 9.10. The van der Waals surface area contributed by atoms with Crippen LogP contribution in [0.3, 0.4) is 0 Å². The summed E-state index contributed by atoms with van der Waals surface area (Å²) in [6, 6.07) is 16.2. The number of aliphatic hydroxyl groups is 1. The second kappa shape index (κ2) is 8.08. The quantitative estimate of drug-likeness (QED) is 0.530. The van der Waals surface area contributed by atoms with E-state index in [1.165, 1.54) is 4.90 Å². The van der Waals surface area contributed by atoms with E-state index in [1.54, 1.807) is 11.8 Å². The Hall–Kier alpha value is -1.08. The van der Waals surface area contributed by atoms with Crippen molar-refractivity contribution in [3.8, 4) is 0 Å². The molecule has 2 aromatic rings. The molecule has 0 saturated carbocycles. The van der Waals surface area contributed by atoms with Gasteiger partial charge in [-0.3, -0.25) is 0 Å². The van der Waals surface area contributed by atoms with Crippen LogP contribution in [0.15, 0.2) is 57.9 Å². The average Bonchev–Trinajstić information content (AvgIpc) is 2.63. The Balaban J connectivity index is 1.59. The number of anilines is 1. The Morgan fingerprint density at radius 1 is 1.12 bits per heavy atom. The predicted octanol–water partition coefficient (Wildman–Crippen LogP) is 4.85. The number of nitrogens with one attached hydrogen (secondary N) is 1. The fraction of sp³-hybridized carbons (Fsp3) is 0.316. The van der Waals surface area contributed by atoms with Crippen molar-refractivity contribution in [1.29, 1.82) is 0 Å². The molecule has 0 atom stereocenters. The molecule has 132 valence electrons. The van der Waals surface area contributed by atoms with E-state index in [-0.39, 0.29) is 0 Å². The van der Waals surface area contributed by atoms with Crippen LogP contribution in [-0.2, 0) is 5.60 Å². The highest BCUT2D eigenvalue weighted by Gasteiger charge is 2.34. The summed E-state index contributed by atoms with van der Waals surface area (Å²) >= 11 is 10.7. The molecule has 6 heteroatoms. The van der Waals surface area contributed by atoms with Gasteiger partial charge in [0.05, 0.1) is 5.60 Å². The summed E-state index contributed by atoms with van der Waals surface area (Å²) in [4.78, 5) is 3.36. The van der Waals surface area contributed by atoms with Gasteiger partial charge in [-0.1, -0.05) is 28.1 Å². The Labute approximate surface area is 166 Å². The molecule has 3 rings (SSSR count). The number of hydrogen-bond donors (Lipinski definition) is 2. The van der Waals surface area contributed by atoms with Crippen molar-refractivity contribution in [3.63, 3.8) is 0 Å². The number of halogens is 1. The average molecular weight is 437 g/mol. The molecule has 0 radical (unpaired) electrons. The minimum Gasteiger partial charge on any atom is -0.385 e. The van der Waals surface area contributed by atoms with Gasteiger partial charge >= 0.3 is 0 Å². The minimum atomic E-state index is -0.771. The van der Waals surface area contributed by atoms with E-state index in [0.717, 1.165) is 33.9 Å².